The number of aryl methyl sites for hydroxylation is 1. The van der Waals surface area contributed by atoms with Crippen molar-refractivity contribution in [3.63, 3.8) is 0 Å². The van der Waals surface area contributed by atoms with E-state index in [1.54, 1.807) is 19.1 Å². The van der Waals surface area contributed by atoms with E-state index in [1.807, 2.05) is 57.2 Å². The number of benzene rings is 2. The Morgan fingerprint density at radius 3 is 2.23 bits per heavy atom. The molecule has 35 heavy (non-hydrogen) atoms. The average molecular weight is 480 g/mol. The molecule has 0 spiro atoms. The number of likely N-dealkylation sites (tertiary alicyclic amines) is 1. The van der Waals surface area contributed by atoms with Gasteiger partial charge < -0.3 is 19.5 Å². The zero-order valence-corrected chi connectivity index (χ0v) is 21.8. The second-order valence-corrected chi connectivity index (χ2v) is 9.72. The number of methoxy groups -OCH3 is 2. The number of aliphatic hydroxyl groups excluding tert-OH is 1. The molecule has 1 atom stereocenters. The van der Waals surface area contributed by atoms with Crippen molar-refractivity contribution >= 4 is 17.4 Å². The van der Waals surface area contributed by atoms with Crippen molar-refractivity contribution < 1.29 is 24.2 Å². The Hall–Kier alpha value is -3.12. The second kappa shape index (κ2) is 11.1. The Bertz CT molecular complexity index is 1110. The van der Waals surface area contributed by atoms with Crippen LogP contribution in [0.2, 0.25) is 0 Å². The molecule has 0 radical (unpaired) electrons. The van der Waals surface area contributed by atoms with Crippen LogP contribution in [-0.2, 0) is 14.3 Å². The Labute approximate surface area is 208 Å². The molecule has 1 heterocycles. The van der Waals surface area contributed by atoms with Gasteiger partial charge in [0.2, 0.25) is 0 Å². The van der Waals surface area contributed by atoms with Gasteiger partial charge in [-0.1, -0.05) is 52.0 Å². The average Bonchev–Trinajstić information content (AvgIpc) is 3.08. The van der Waals surface area contributed by atoms with Gasteiger partial charge in [-0.15, -0.1) is 0 Å². The lowest BCUT2D eigenvalue weighted by molar-refractivity contribution is -0.140. The maximum Gasteiger partial charge on any atom is 0.295 e. The van der Waals surface area contributed by atoms with Gasteiger partial charge >= 0.3 is 0 Å². The summed E-state index contributed by atoms with van der Waals surface area (Å²) in [6.07, 6.45) is 0.587. The van der Waals surface area contributed by atoms with Crippen molar-refractivity contribution in [3.05, 3.63) is 69.8 Å². The van der Waals surface area contributed by atoms with E-state index in [0.717, 1.165) is 28.0 Å². The van der Waals surface area contributed by atoms with Crippen LogP contribution < -0.4 is 4.74 Å². The van der Waals surface area contributed by atoms with Gasteiger partial charge in [-0.25, -0.2) is 0 Å². The van der Waals surface area contributed by atoms with E-state index >= 15 is 0 Å². The lowest BCUT2D eigenvalue weighted by Crippen LogP contribution is -2.31. The molecule has 188 valence electrons. The highest BCUT2D eigenvalue weighted by Crippen LogP contribution is 2.41. The molecule has 1 unspecified atom stereocenters. The molecule has 0 bridgehead atoms. The summed E-state index contributed by atoms with van der Waals surface area (Å²) in [6, 6.07) is 11.0. The van der Waals surface area contributed by atoms with Gasteiger partial charge in [0.05, 0.1) is 18.7 Å². The molecule has 1 fully saturated rings. The number of nitrogens with zero attached hydrogens (tertiary/aromatic N) is 1. The summed E-state index contributed by atoms with van der Waals surface area (Å²) in [4.78, 5) is 28.0. The maximum atomic E-state index is 13.3. The monoisotopic (exact) mass is 479 g/mol. The van der Waals surface area contributed by atoms with Crippen LogP contribution in [0, 0.1) is 6.92 Å². The fourth-order valence-corrected chi connectivity index (χ4v) is 4.63. The number of ketones is 1. The van der Waals surface area contributed by atoms with Crippen LogP contribution in [0.3, 0.4) is 0 Å². The quantitative estimate of drug-likeness (QED) is 0.216. The fourth-order valence-electron chi connectivity index (χ4n) is 4.63. The van der Waals surface area contributed by atoms with Gasteiger partial charge in [-0.05, 0) is 59.6 Å². The van der Waals surface area contributed by atoms with Gasteiger partial charge in [0.1, 0.15) is 11.5 Å². The molecular formula is C29H37NO5. The minimum atomic E-state index is -0.669. The number of rotatable bonds is 9. The van der Waals surface area contributed by atoms with Gasteiger partial charge in [-0.2, -0.15) is 0 Å². The van der Waals surface area contributed by atoms with Gasteiger partial charge in [0, 0.05) is 25.8 Å². The number of amides is 1. The van der Waals surface area contributed by atoms with Crippen molar-refractivity contribution in [2.75, 3.05) is 27.4 Å². The molecule has 6 nitrogen and oxygen atoms in total. The van der Waals surface area contributed by atoms with Crippen LogP contribution in [0.1, 0.15) is 79.8 Å². The molecule has 1 aliphatic rings. The molecule has 0 aliphatic carbocycles. The number of hydrogen-bond donors (Lipinski definition) is 1. The standard InChI is InChI=1S/C29H37NO5/c1-17(2)20-9-11-21(12-10-20)26-25(28(32)29(33)30(26)13-8-14-34-6)27(31)23-16-22(18(3)4)24(35-7)15-19(23)5/h9-12,15-18,26,31H,8,13-14H2,1-7H3/b27-25+. The third kappa shape index (κ3) is 5.27. The number of Topliss-reactive ketones (excluding diaryl/α,β-unsaturated/α-hetero) is 1. The molecule has 1 N–H and O–H groups in total. The first-order valence-electron chi connectivity index (χ1n) is 12.2. The summed E-state index contributed by atoms with van der Waals surface area (Å²) in [5, 5.41) is 11.5. The Morgan fingerprint density at radius 2 is 1.69 bits per heavy atom. The topological polar surface area (TPSA) is 76.1 Å². The van der Waals surface area contributed by atoms with E-state index in [0.29, 0.717) is 31.1 Å². The van der Waals surface area contributed by atoms with Crippen molar-refractivity contribution in [2.45, 2.75) is 58.9 Å². The Balaban J connectivity index is 2.20. The summed E-state index contributed by atoms with van der Waals surface area (Å²) >= 11 is 0. The Kier molecular flexibility index (Phi) is 8.39. The van der Waals surface area contributed by atoms with Crippen LogP contribution >= 0.6 is 0 Å². The summed E-state index contributed by atoms with van der Waals surface area (Å²) < 4.78 is 10.7. The minimum absolute atomic E-state index is 0.118. The van der Waals surface area contributed by atoms with Crippen LogP contribution in [0.25, 0.3) is 5.76 Å². The van der Waals surface area contributed by atoms with E-state index in [-0.39, 0.29) is 17.3 Å². The van der Waals surface area contributed by atoms with Crippen molar-refractivity contribution in [1.29, 1.82) is 0 Å². The molecule has 2 aromatic carbocycles. The van der Waals surface area contributed by atoms with Crippen LogP contribution in [0.5, 0.6) is 5.75 Å². The van der Waals surface area contributed by atoms with E-state index in [2.05, 4.69) is 13.8 Å². The first-order valence-corrected chi connectivity index (χ1v) is 12.2. The molecule has 1 aliphatic heterocycles. The van der Waals surface area contributed by atoms with Crippen molar-refractivity contribution in [2.24, 2.45) is 0 Å². The van der Waals surface area contributed by atoms with Crippen molar-refractivity contribution in [1.82, 2.24) is 4.90 Å². The molecule has 1 amide bonds. The van der Waals surface area contributed by atoms with Gasteiger partial charge in [0.25, 0.3) is 11.7 Å². The van der Waals surface area contributed by atoms with Crippen LogP contribution in [-0.4, -0.2) is 49.1 Å². The van der Waals surface area contributed by atoms with Crippen molar-refractivity contribution in [3.8, 4) is 5.75 Å². The molecular weight excluding hydrogens is 442 g/mol. The largest absolute Gasteiger partial charge is 0.507 e. The maximum absolute atomic E-state index is 13.3. The Morgan fingerprint density at radius 1 is 1.03 bits per heavy atom. The summed E-state index contributed by atoms with van der Waals surface area (Å²) in [7, 11) is 3.22. The summed E-state index contributed by atoms with van der Waals surface area (Å²) in [6.45, 7) is 11.0. The van der Waals surface area contributed by atoms with E-state index in [1.165, 1.54) is 0 Å². The number of aliphatic hydroxyl groups is 1. The normalized spacial score (nSPS) is 17.6. The van der Waals surface area contributed by atoms with E-state index in [4.69, 9.17) is 9.47 Å². The zero-order chi connectivity index (χ0) is 25.9. The molecule has 0 saturated carbocycles. The number of carbonyl (C=O) groups is 2. The molecule has 6 heteroatoms. The van der Waals surface area contributed by atoms with E-state index in [9.17, 15) is 14.7 Å². The third-order valence-electron chi connectivity index (χ3n) is 6.66. The third-order valence-corrected chi connectivity index (χ3v) is 6.66. The highest BCUT2D eigenvalue weighted by Gasteiger charge is 2.46. The first-order chi connectivity index (χ1) is 16.6. The highest BCUT2D eigenvalue weighted by atomic mass is 16.5. The van der Waals surface area contributed by atoms with Crippen LogP contribution in [0.15, 0.2) is 42.0 Å². The van der Waals surface area contributed by atoms with Crippen LogP contribution in [0.4, 0.5) is 0 Å². The van der Waals surface area contributed by atoms with E-state index < -0.39 is 17.7 Å². The van der Waals surface area contributed by atoms with Gasteiger partial charge in [0.15, 0.2) is 0 Å². The molecule has 1 saturated heterocycles. The summed E-state index contributed by atoms with van der Waals surface area (Å²) in [5.74, 6) is -0.191. The predicted molar refractivity (Wildman–Crippen MR) is 138 cm³/mol. The predicted octanol–water partition coefficient (Wildman–Crippen LogP) is 5.71. The lowest BCUT2D eigenvalue weighted by atomic mass is 9.90. The second-order valence-electron chi connectivity index (χ2n) is 9.72. The smallest absolute Gasteiger partial charge is 0.295 e. The highest BCUT2D eigenvalue weighted by molar-refractivity contribution is 6.46. The molecule has 2 aromatic rings. The number of ether oxygens (including phenoxy) is 2. The molecule has 3 rings (SSSR count). The summed E-state index contributed by atoms with van der Waals surface area (Å²) in [5.41, 5.74) is 4.30. The molecule has 0 aromatic heterocycles. The first kappa shape index (κ1) is 26.5. The fraction of sp³-hybridized carbons (Fsp3) is 0.448. The zero-order valence-electron chi connectivity index (χ0n) is 21.8. The lowest BCUT2D eigenvalue weighted by Gasteiger charge is -2.26. The number of hydrogen-bond acceptors (Lipinski definition) is 5. The van der Waals surface area contributed by atoms with Gasteiger partial charge in [-0.3, -0.25) is 9.59 Å². The number of carbonyl (C=O) groups excluding carboxylic acids is 2. The SMILES string of the molecule is COCCCN1C(=O)C(=O)/C(=C(/O)c2cc(C(C)C)c(OC)cc2C)C1c1ccc(C(C)C)cc1. The minimum Gasteiger partial charge on any atom is -0.507 e.